The van der Waals surface area contributed by atoms with E-state index in [0.29, 0.717) is 19.6 Å². The fourth-order valence-electron chi connectivity index (χ4n) is 2.39. The van der Waals surface area contributed by atoms with Gasteiger partial charge in [-0.3, -0.25) is 19.7 Å². The number of likely N-dealkylation sites (tertiary alicyclic amines) is 1. The molecule has 1 unspecified atom stereocenters. The fraction of sp³-hybridized carbons (Fsp3) is 0.538. The SMILES string of the molecule is CCn1cc([N+](=O)[O-])cc1C(=O)N1CC(C(C)C(=O)O)C1. The van der Waals surface area contributed by atoms with E-state index in [1.54, 1.807) is 13.8 Å². The van der Waals surface area contributed by atoms with Crippen LogP contribution in [0.2, 0.25) is 0 Å². The molecule has 1 N–H and O–H groups in total. The van der Waals surface area contributed by atoms with Crippen molar-refractivity contribution in [2.24, 2.45) is 11.8 Å². The predicted octanol–water partition coefficient (Wildman–Crippen LogP) is 1.21. The zero-order valence-corrected chi connectivity index (χ0v) is 11.9. The van der Waals surface area contributed by atoms with Crippen LogP contribution >= 0.6 is 0 Å². The predicted molar refractivity (Wildman–Crippen MR) is 73.0 cm³/mol. The molecule has 1 aliphatic heterocycles. The molecule has 21 heavy (non-hydrogen) atoms. The number of nitro groups is 1. The number of rotatable bonds is 5. The Labute approximate surface area is 121 Å². The number of nitrogens with zero attached hydrogens (tertiary/aromatic N) is 3. The van der Waals surface area contributed by atoms with Crippen LogP contribution in [0.4, 0.5) is 5.69 Å². The second-order valence-electron chi connectivity index (χ2n) is 5.22. The van der Waals surface area contributed by atoms with E-state index in [0.717, 1.165) is 0 Å². The summed E-state index contributed by atoms with van der Waals surface area (Å²) < 4.78 is 1.54. The summed E-state index contributed by atoms with van der Waals surface area (Å²) in [6.45, 7) is 4.61. The Morgan fingerprint density at radius 2 is 2.14 bits per heavy atom. The average Bonchev–Trinajstić information content (AvgIpc) is 2.80. The fourth-order valence-corrected chi connectivity index (χ4v) is 2.39. The van der Waals surface area contributed by atoms with Crippen molar-refractivity contribution >= 4 is 17.6 Å². The number of hydrogen-bond donors (Lipinski definition) is 1. The molecule has 2 rings (SSSR count). The molecular weight excluding hydrogens is 278 g/mol. The first kappa shape index (κ1) is 15.0. The van der Waals surface area contributed by atoms with Gasteiger partial charge in [-0.15, -0.1) is 0 Å². The van der Waals surface area contributed by atoms with Crippen LogP contribution in [0.15, 0.2) is 12.3 Å². The Morgan fingerprint density at radius 1 is 1.52 bits per heavy atom. The molecule has 1 aromatic heterocycles. The topological polar surface area (TPSA) is 106 Å². The third-order valence-corrected chi connectivity index (χ3v) is 3.95. The first-order chi connectivity index (χ1) is 9.85. The summed E-state index contributed by atoms with van der Waals surface area (Å²) in [4.78, 5) is 35.0. The number of carbonyl (C=O) groups excluding carboxylic acids is 1. The van der Waals surface area contributed by atoms with Crippen molar-refractivity contribution in [2.45, 2.75) is 20.4 Å². The molecule has 1 saturated heterocycles. The molecule has 1 amide bonds. The van der Waals surface area contributed by atoms with Crippen LogP contribution in [0.3, 0.4) is 0 Å². The molecule has 2 heterocycles. The first-order valence-corrected chi connectivity index (χ1v) is 6.71. The molecule has 0 spiro atoms. The maximum absolute atomic E-state index is 12.3. The Morgan fingerprint density at radius 3 is 2.62 bits per heavy atom. The smallest absolute Gasteiger partial charge is 0.306 e. The zero-order valence-electron chi connectivity index (χ0n) is 11.9. The molecule has 8 heteroatoms. The molecule has 0 aromatic carbocycles. The van der Waals surface area contributed by atoms with E-state index in [1.165, 1.54) is 21.7 Å². The number of aryl methyl sites for hydroxylation is 1. The van der Waals surface area contributed by atoms with Crippen molar-refractivity contribution in [1.29, 1.82) is 0 Å². The van der Waals surface area contributed by atoms with Crippen LogP contribution in [0.1, 0.15) is 24.3 Å². The monoisotopic (exact) mass is 295 g/mol. The molecule has 1 aliphatic rings. The number of carboxylic acid groups (broad SMARTS) is 1. The number of carbonyl (C=O) groups is 2. The molecule has 114 valence electrons. The largest absolute Gasteiger partial charge is 0.481 e. The maximum Gasteiger partial charge on any atom is 0.306 e. The summed E-state index contributed by atoms with van der Waals surface area (Å²) in [5, 5.41) is 19.7. The van der Waals surface area contributed by atoms with Crippen LogP contribution in [-0.4, -0.2) is 44.5 Å². The van der Waals surface area contributed by atoms with Crippen molar-refractivity contribution < 1.29 is 19.6 Å². The number of hydrogen-bond acceptors (Lipinski definition) is 4. The Balaban J connectivity index is 2.09. The molecule has 0 bridgehead atoms. The van der Waals surface area contributed by atoms with Gasteiger partial charge in [0.25, 0.3) is 11.6 Å². The van der Waals surface area contributed by atoms with Gasteiger partial charge in [-0.25, -0.2) is 0 Å². The van der Waals surface area contributed by atoms with E-state index in [-0.39, 0.29) is 23.2 Å². The lowest BCUT2D eigenvalue weighted by molar-refractivity contribution is -0.384. The minimum Gasteiger partial charge on any atom is -0.481 e. The molecule has 8 nitrogen and oxygen atoms in total. The Kier molecular flexibility index (Phi) is 3.97. The molecular formula is C13H17N3O5. The quantitative estimate of drug-likeness (QED) is 0.649. The number of amides is 1. The third kappa shape index (κ3) is 2.74. The molecule has 0 saturated carbocycles. The van der Waals surface area contributed by atoms with E-state index in [2.05, 4.69) is 0 Å². The van der Waals surface area contributed by atoms with Gasteiger partial charge in [-0.05, 0) is 6.92 Å². The van der Waals surface area contributed by atoms with Gasteiger partial charge in [0.2, 0.25) is 0 Å². The summed E-state index contributed by atoms with van der Waals surface area (Å²) in [5.74, 6) is -1.73. The van der Waals surface area contributed by atoms with Crippen molar-refractivity contribution in [3.8, 4) is 0 Å². The zero-order chi connectivity index (χ0) is 15.7. The van der Waals surface area contributed by atoms with Crippen LogP contribution < -0.4 is 0 Å². The summed E-state index contributed by atoms with van der Waals surface area (Å²) in [6.07, 6.45) is 1.34. The summed E-state index contributed by atoms with van der Waals surface area (Å²) in [5.41, 5.74) is 0.154. The number of aliphatic carboxylic acids is 1. The van der Waals surface area contributed by atoms with E-state index in [4.69, 9.17) is 5.11 Å². The highest BCUT2D eigenvalue weighted by Gasteiger charge is 2.38. The van der Waals surface area contributed by atoms with Crippen LogP contribution in [0.5, 0.6) is 0 Å². The molecule has 1 fully saturated rings. The normalized spacial score (nSPS) is 16.4. The van der Waals surface area contributed by atoms with Gasteiger partial charge < -0.3 is 14.6 Å². The lowest BCUT2D eigenvalue weighted by Gasteiger charge is -2.41. The Bertz CT molecular complexity index is 589. The average molecular weight is 295 g/mol. The van der Waals surface area contributed by atoms with Crippen molar-refractivity contribution in [3.63, 3.8) is 0 Å². The van der Waals surface area contributed by atoms with Gasteiger partial charge in [0.1, 0.15) is 5.69 Å². The van der Waals surface area contributed by atoms with E-state index < -0.39 is 16.8 Å². The van der Waals surface area contributed by atoms with Crippen molar-refractivity contribution in [2.75, 3.05) is 13.1 Å². The minimum absolute atomic E-state index is 0.0634. The highest BCUT2D eigenvalue weighted by atomic mass is 16.6. The van der Waals surface area contributed by atoms with Gasteiger partial charge in [0, 0.05) is 31.6 Å². The summed E-state index contributed by atoms with van der Waals surface area (Å²) in [6, 6.07) is 1.26. The van der Waals surface area contributed by atoms with Crippen molar-refractivity contribution in [1.82, 2.24) is 9.47 Å². The maximum atomic E-state index is 12.3. The highest BCUT2D eigenvalue weighted by Crippen LogP contribution is 2.27. The van der Waals surface area contributed by atoms with Gasteiger partial charge in [0.15, 0.2) is 0 Å². The van der Waals surface area contributed by atoms with E-state index >= 15 is 0 Å². The van der Waals surface area contributed by atoms with Gasteiger partial charge >= 0.3 is 5.97 Å². The van der Waals surface area contributed by atoms with Crippen LogP contribution in [0.25, 0.3) is 0 Å². The lowest BCUT2D eigenvalue weighted by Crippen LogP contribution is -2.53. The third-order valence-electron chi connectivity index (χ3n) is 3.95. The lowest BCUT2D eigenvalue weighted by atomic mass is 9.87. The molecule has 1 atom stereocenters. The standard InChI is InChI=1S/C13H17N3O5/c1-3-14-7-10(16(20)21)4-11(14)12(17)15-5-9(6-15)8(2)13(18)19/h4,7-9H,3,5-6H2,1-2H3,(H,18,19). The highest BCUT2D eigenvalue weighted by molar-refractivity contribution is 5.94. The summed E-state index contributed by atoms with van der Waals surface area (Å²) >= 11 is 0. The first-order valence-electron chi connectivity index (χ1n) is 6.71. The van der Waals surface area contributed by atoms with Gasteiger partial charge in [-0.2, -0.15) is 0 Å². The van der Waals surface area contributed by atoms with Crippen LogP contribution in [0, 0.1) is 22.0 Å². The molecule has 0 aliphatic carbocycles. The van der Waals surface area contributed by atoms with Crippen LogP contribution in [-0.2, 0) is 11.3 Å². The van der Waals surface area contributed by atoms with E-state index in [1.807, 2.05) is 0 Å². The number of aromatic nitrogens is 1. The molecule has 0 radical (unpaired) electrons. The second kappa shape index (κ2) is 5.55. The molecule has 1 aromatic rings. The second-order valence-corrected chi connectivity index (χ2v) is 5.22. The summed E-state index contributed by atoms with van der Waals surface area (Å²) in [7, 11) is 0. The van der Waals surface area contributed by atoms with Gasteiger partial charge in [-0.1, -0.05) is 6.92 Å². The Hall–Kier alpha value is -2.38. The van der Waals surface area contributed by atoms with E-state index in [9.17, 15) is 19.7 Å². The minimum atomic E-state index is -0.875. The number of carboxylic acids is 1. The van der Waals surface area contributed by atoms with Crippen molar-refractivity contribution in [3.05, 3.63) is 28.1 Å². The van der Waals surface area contributed by atoms with Gasteiger partial charge in [0.05, 0.1) is 17.0 Å².